The highest BCUT2D eigenvalue weighted by atomic mass is 16.5. The second-order valence-electron chi connectivity index (χ2n) is 4.59. The van der Waals surface area contributed by atoms with Crippen molar-refractivity contribution in [3.63, 3.8) is 0 Å². The molecule has 0 saturated heterocycles. The third-order valence-electron chi connectivity index (χ3n) is 2.02. The van der Waals surface area contributed by atoms with E-state index in [1.807, 2.05) is 0 Å². The summed E-state index contributed by atoms with van der Waals surface area (Å²) in [5, 5.41) is 9.03. The summed E-state index contributed by atoms with van der Waals surface area (Å²) in [6.07, 6.45) is 3.21. The van der Waals surface area contributed by atoms with Crippen LogP contribution in [-0.2, 0) is 4.74 Å². The van der Waals surface area contributed by atoms with Gasteiger partial charge in [0.15, 0.2) is 0 Å². The molecule has 0 aromatic carbocycles. The molecule has 0 saturated carbocycles. The molecule has 0 heterocycles. The molecule has 1 atom stereocenters. The van der Waals surface area contributed by atoms with E-state index in [0.717, 1.165) is 25.9 Å². The Hall–Kier alpha value is -0.0800. The first-order valence-corrected chi connectivity index (χ1v) is 5.24. The Kier molecular flexibility index (Phi) is 6.35. The molecule has 0 aromatic heterocycles. The van der Waals surface area contributed by atoms with Crippen LogP contribution in [0.2, 0.25) is 0 Å². The van der Waals surface area contributed by atoms with E-state index in [9.17, 15) is 0 Å². The van der Waals surface area contributed by atoms with Crippen molar-refractivity contribution >= 4 is 0 Å². The molecule has 2 nitrogen and oxygen atoms in total. The molecule has 0 aliphatic rings. The molecule has 0 rings (SSSR count). The fourth-order valence-electron chi connectivity index (χ4n) is 1.27. The van der Waals surface area contributed by atoms with Gasteiger partial charge in [-0.05, 0) is 39.5 Å². The van der Waals surface area contributed by atoms with Gasteiger partial charge in [-0.25, -0.2) is 0 Å². The molecule has 1 unspecified atom stereocenters. The standard InChI is InChI=1S/C11H24O2/c1-5-6-10(9-12)7-8-13-11(2,3)4/h10,12H,5-9H2,1-4H3. The van der Waals surface area contributed by atoms with Crippen molar-refractivity contribution in [2.75, 3.05) is 13.2 Å². The lowest BCUT2D eigenvalue weighted by Gasteiger charge is -2.21. The average Bonchev–Trinajstić information content (AvgIpc) is 2.01. The molecule has 13 heavy (non-hydrogen) atoms. The van der Waals surface area contributed by atoms with Gasteiger partial charge in [-0.15, -0.1) is 0 Å². The van der Waals surface area contributed by atoms with Gasteiger partial charge in [-0.2, -0.15) is 0 Å². The van der Waals surface area contributed by atoms with Gasteiger partial charge >= 0.3 is 0 Å². The predicted octanol–water partition coefficient (Wildman–Crippen LogP) is 2.60. The SMILES string of the molecule is CCCC(CO)CCOC(C)(C)C. The Balaban J connectivity index is 3.49. The lowest BCUT2D eigenvalue weighted by Crippen LogP contribution is -2.21. The highest BCUT2D eigenvalue weighted by Gasteiger charge is 2.12. The van der Waals surface area contributed by atoms with Crippen LogP contribution in [0.3, 0.4) is 0 Å². The summed E-state index contributed by atoms with van der Waals surface area (Å²) in [7, 11) is 0. The summed E-state index contributed by atoms with van der Waals surface area (Å²) in [5.41, 5.74) is -0.0494. The molecular weight excluding hydrogens is 164 g/mol. The van der Waals surface area contributed by atoms with Gasteiger partial charge in [0.25, 0.3) is 0 Å². The van der Waals surface area contributed by atoms with Crippen LogP contribution in [-0.4, -0.2) is 23.9 Å². The van der Waals surface area contributed by atoms with Crippen molar-refractivity contribution in [2.24, 2.45) is 5.92 Å². The maximum absolute atomic E-state index is 9.03. The van der Waals surface area contributed by atoms with Gasteiger partial charge in [0.2, 0.25) is 0 Å². The minimum absolute atomic E-state index is 0.0494. The van der Waals surface area contributed by atoms with Crippen molar-refractivity contribution in [1.29, 1.82) is 0 Å². The highest BCUT2D eigenvalue weighted by molar-refractivity contribution is 4.61. The topological polar surface area (TPSA) is 29.5 Å². The third kappa shape index (κ3) is 8.26. The zero-order chi connectivity index (χ0) is 10.3. The third-order valence-corrected chi connectivity index (χ3v) is 2.02. The van der Waals surface area contributed by atoms with Crippen LogP contribution >= 0.6 is 0 Å². The van der Waals surface area contributed by atoms with E-state index in [-0.39, 0.29) is 5.60 Å². The lowest BCUT2D eigenvalue weighted by molar-refractivity contribution is -0.0126. The molecular formula is C11H24O2. The first-order chi connectivity index (χ1) is 5.99. The zero-order valence-corrected chi connectivity index (χ0v) is 9.47. The molecule has 80 valence electrons. The van der Waals surface area contributed by atoms with Gasteiger partial charge in [0.05, 0.1) is 5.60 Å². The number of aliphatic hydroxyl groups is 1. The molecule has 0 aliphatic carbocycles. The molecule has 0 radical (unpaired) electrons. The Labute approximate surface area is 82.3 Å². The fraction of sp³-hybridized carbons (Fsp3) is 1.00. The molecule has 0 spiro atoms. The molecule has 1 N–H and O–H groups in total. The van der Waals surface area contributed by atoms with Crippen LogP contribution in [0.5, 0.6) is 0 Å². The number of hydrogen-bond acceptors (Lipinski definition) is 2. The number of rotatable bonds is 6. The monoisotopic (exact) mass is 188 g/mol. The Morgan fingerprint density at radius 1 is 1.23 bits per heavy atom. The molecule has 0 aliphatic heterocycles. The average molecular weight is 188 g/mol. The second kappa shape index (κ2) is 6.39. The van der Waals surface area contributed by atoms with Crippen molar-refractivity contribution in [3.05, 3.63) is 0 Å². The summed E-state index contributed by atoms with van der Waals surface area (Å²) in [6, 6.07) is 0. The van der Waals surface area contributed by atoms with Crippen LogP contribution in [0.25, 0.3) is 0 Å². The van der Waals surface area contributed by atoms with E-state index in [1.165, 1.54) is 0 Å². The van der Waals surface area contributed by atoms with Crippen molar-refractivity contribution < 1.29 is 9.84 Å². The van der Waals surface area contributed by atoms with E-state index in [4.69, 9.17) is 9.84 Å². The maximum atomic E-state index is 9.03. The second-order valence-corrected chi connectivity index (χ2v) is 4.59. The zero-order valence-electron chi connectivity index (χ0n) is 9.47. The van der Waals surface area contributed by atoms with Crippen LogP contribution in [0.15, 0.2) is 0 Å². The van der Waals surface area contributed by atoms with E-state index in [0.29, 0.717) is 12.5 Å². The van der Waals surface area contributed by atoms with Gasteiger partial charge in [-0.3, -0.25) is 0 Å². The predicted molar refractivity (Wildman–Crippen MR) is 55.8 cm³/mol. The van der Waals surface area contributed by atoms with Crippen LogP contribution in [0, 0.1) is 5.92 Å². The van der Waals surface area contributed by atoms with Crippen LogP contribution < -0.4 is 0 Å². The Morgan fingerprint density at radius 2 is 1.85 bits per heavy atom. The highest BCUT2D eigenvalue weighted by Crippen LogP contribution is 2.13. The van der Waals surface area contributed by atoms with Crippen molar-refractivity contribution in [1.82, 2.24) is 0 Å². The van der Waals surface area contributed by atoms with Crippen molar-refractivity contribution in [2.45, 2.75) is 52.6 Å². The lowest BCUT2D eigenvalue weighted by atomic mass is 10.0. The summed E-state index contributed by atoms with van der Waals surface area (Å²) in [4.78, 5) is 0. The summed E-state index contributed by atoms with van der Waals surface area (Å²) in [6.45, 7) is 9.37. The first-order valence-electron chi connectivity index (χ1n) is 5.24. The van der Waals surface area contributed by atoms with E-state index in [2.05, 4.69) is 27.7 Å². The fourth-order valence-corrected chi connectivity index (χ4v) is 1.27. The molecule has 0 fully saturated rings. The number of ether oxygens (including phenoxy) is 1. The molecule has 2 heteroatoms. The Morgan fingerprint density at radius 3 is 2.23 bits per heavy atom. The summed E-state index contributed by atoms with van der Waals surface area (Å²) >= 11 is 0. The Bertz CT molecular complexity index is 116. The number of hydrogen-bond donors (Lipinski definition) is 1. The quantitative estimate of drug-likeness (QED) is 0.694. The van der Waals surface area contributed by atoms with Crippen molar-refractivity contribution in [3.8, 4) is 0 Å². The van der Waals surface area contributed by atoms with E-state index in [1.54, 1.807) is 0 Å². The molecule has 0 aromatic rings. The van der Waals surface area contributed by atoms with Gasteiger partial charge in [0.1, 0.15) is 0 Å². The summed E-state index contributed by atoms with van der Waals surface area (Å²) in [5.74, 6) is 0.423. The first kappa shape index (κ1) is 12.9. The van der Waals surface area contributed by atoms with Crippen LogP contribution in [0.4, 0.5) is 0 Å². The normalized spacial score (nSPS) is 14.5. The minimum Gasteiger partial charge on any atom is -0.396 e. The minimum atomic E-state index is -0.0494. The van der Waals surface area contributed by atoms with E-state index >= 15 is 0 Å². The largest absolute Gasteiger partial charge is 0.396 e. The van der Waals surface area contributed by atoms with Gasteiger partial charge in [0, 0.05) is 13.2 Å². The van der Waals surface area contributed by atoms with E-state index < -0.39 is 0 Å². The molecule has 0 amide bonds. The molecule has 0 bridgehead atoms. The summed E-state index contributed by atoms with van der Waals surface area (Å²) < 4.78 is 5.60. The van der Waals surface area contributed by atoms with Gasteiger partial charge in [-0.1, -0.05) is 13.3 Å². The van der Waals surface area contributed by atoms with Crippen LogP contribution in [0.1, 0.15) is 47.0 Å². The number of aliphatic hydroxyl groups excluding tert-OH is 1. The van der Waals surface area contributed by atoms with Gasteiger partial charge < -0.3 is 9.84 Å². The smallest absolute Gasteiger partial charge is 0.0598 e. The maximum Gasteiger partial charge on any atom is 0.0598 e.